The summed E-state index contributed by atoms with van der Waals surface area (Å²) in [7, 11) is 0. The highest BCUT2D eigenvalue weighted by Crippen LogP contribution is 2.38. The molecule has 6 rings (SSSR count). The fourth-order valence-corrected chi connectivity index (χ4v) is 6.01. The molecule has 2 N–H and O–H groups in total. The van der Waals surface area contributed by atoms with Gasteiger partial charge in [0.2, 0.25) is 0 Å². The number of benzene rings is 1. The highest BCUT2D eigenvalue weighted by molar-refractivity contribution is 5.90. The van der Waals surface area contributed by atoms with Crippen molar-refractivity contribution >= 4 is 17.1 Å². The van der Waals surface area contributed by atoms with Gasteiger partial charge < -0.3 is 15.0 Å². The molecule has 0 radical (unpaired) electrons. The van der Waals surface area contributed by atoms with Gasteiger partial charge in [-0.05, 0) is 43.0 Å². The van der Waals surface area contributed by atoms with Gasteiger partial charge in [0.25, 0.3) is 0 Å². The van der Waals surface area contributed by atoms with E-state index in [1.165, 1.54) is 17.3 Å². The van der Waals surface area contributed by atoms with Crippen molar-refractivity contribution < 1.29 is 18.7 Å². The van der Waals surface area contributed by atoms with Crippen LogP contribution in [0.3, 0.4) is 0 Å². The van der Waals surface area contributed by atoms with Gasteiger partial charge in [-0.2, -0.15) is 10.4 Å². The van der Waals surface area contributed by atoms with Crippen molar-refractivity contribution in [2.24, 2.45) is 0 Å². The maximum absolute atomic E-state index is 13.8. The van der Waals surface area contributed by atoms with Gasteiger partial charge >= 0.3 is 6.09 Å². The monoisotopic (exact) mass is 532 g/mol. The number of piperidine rings is 1. The largest absolute Gasteiger partial charge is 0.465 e. The second-order valence-corrected chi connectivity index (χ2v) is 10.4. The normalized spacial score (nSPS) is 21.0. The molecular weight excluding hydrogens is 506 g/mol. The van der Waals surface area contributed by atoms with Crippen LogP contribution in [-0.4, -0.2) is 77.4 Å². The maximum Gasteiger partial charge on any atom is 0.407 e. The minimum Gasteiger partial charge on any atom is -0.465 e. The van der Waals surface area contributed by atoms with E-state index >= 15 is 0 Å². The first-order valence-corrected chi connectivity index (χ1v) is 12.7. The molecule has 200 valence electrons. The standard InChI is InChI=1S/C27H26F2N8O2/c28-22-2-1-17(10-23(22)29)9-20-11-19(4-8-36(20)26(38)39)35-14-27(15-35,5-6-30)37-13-18(12-34-37)24-21-3-7-31-25(21)33-16-32-24/h1-3,7,10,12-13,16,19-20H,4-5,8-9,11,14-15H2,(H,38,39)(H,31,32,33). The Kier molecular flexibility index (Phi) is 6.23. The van der Waals surface area contributed by atoms with Crippen molar-refractivity contribution in [2.75, 3.05) is 19.6 Å². The Labute approximate surface area is 222 Å². The molecule has 4 aromatic rings. The van der Waals surface area contributed by atoms with Gasteiger partial charge in [0.15, 0.2) is 11.6 Å². The van der Waals surface area contributed by atoms with Crippen molar-refractivity contribution in [2.45, 2.75) is 43.3 Å². The SMILES string of the molecule is N#CCC1(n2cc(-c3ncnc4[nH]ccc34)cn2)CN(C2CCN(C(=O)O)C(Cc3ccc(F)c(F)c3)C2)C1. The third kappa shape index (κ3) is 4.48. The predicted molar refractivity (Wildman–Crippen MR) is 136 cm³/mol. The van der Waals surface area contributed by atoms with E-state index in [0.717, 1.165) is 34.4 Å². The van der Waals surface area contributed by atoms with E-state index in [2.05, 4.69) is 31.0 Å². The second kappa shape index (κ2) is 9.74. The first kappa shape index (κ1) is 24.9. The quantitative estimate of drug-likeness (QED) is 0.387. The van der Waals surface area contributed by atoms with E-state index in [0.29, 0.717) is 44.5 Å². The molecular formula is C27H26F2N8O2. The van der Waals surface area contributed by atoms with Crippen LogP contribution in [0.1, 0.15) is 24.8 Å². The van der Waals surface area contributed by atoms with Crippen molar-refractivity contribution in [3.05, 3.63) is 66.4 Å². The Morgan fingerprint density at radius 2 is 2.08 bits per heavy atom. The van der Waals surface area contributed by atoms with Gasteiger partial charge in [-0.15, -0.1) is 0 Å². The van der Waals surface area contributed by atoms with E-state index in [1.807, 2.05) is 23.1 Å². The smallest absolute Gasteiger partial charge is 0.407 e. The third-order valence-electron chi connectivity index (χ3n) is 8.00. The number of nitrogens with one attached hydrogen (secondary N) is 1. The molecule has 0 spiro atoms. The summed E-state index contributed by atoms with van der Waals surface area (Å²) in [5.74, 6) is -1.87. The Morgan fingerprint density at radius 1 is 1.23 bits per heavy atom. The zero-order valence-electron chi connectivity index (χ0n) is 21.0. The number of fused-ring (bicyclic) bond motifs is 1. The minimum absolute atomic E-state index is 0.0964. The lowest BCUT2D eigenvalue weighted by Crippen LogP contribution is -2.67. The fraction of sp³-hybridized carbons (Fsp3) is 0.370. The third-order valence-corrected chi connectivity index (χ3v) is 8.00. The van der Waals surface area contributed by atoms with Gasteiger partial charge in [0.1, 0.15) is 17.5 Å². The van der Waals surface area contributed by atoms with Crippen LogP contribution in [0.4, 0.5) is 13.6 Å². The number of carboxylic acid groups (broad SMARTS) is 1. The number of halogens is 2. The Balaban J connectivity index is 1.19. The molecule has 1 amide bonds. The highest BCUT2D eigenvalue weighted by Gasteiger charge is 2.49. The van der Waals surface area contributed by atoms with Crippen LogP contribution in [0.2, 0.25) is 0 Å². The Morgan fingerprint density at radius 3 is 2.85 bits per heavy atom. The number of carbonyl (C=O) groups is 1. The number of aromatic amines is 1. The van der Waals surface area contributed by atoms with Crippen LogP contribution in [-0.2, 0) is 12.0 Å². The molecule has 0 saturated carbocycles. The molecule has 2 aliphatic rings. The average Bonchev–Trinajstić information content (AvgIpc) is 3.58. The highest BCUT2D eigenvalue weighted by atomic mass is 19.2. The summed E-state index contributed by atoms with van der Waals surface area (Å²) < 4.78 is 29.1. The molecule has 39 heavy (non-hydrogen) atoms. The molecule has 2 atom stereocenters. The number of aromatic nitrogens is 5. The molecule has 10 nitrogen and oxygen atoms in total. The average molecular weight is 533 g/mol. The van der Waals surface area contributed by atoms with E-state index in [9.17, 15) is 23.9 Å². The molecule has 3 aromatic heterocycles. The minimum atomic E-state index is -1.02. The molecule has 5 heterocycles. The number of likely N-dealkylation sites (tertiary alicyclic amines) is 2. The van der Waals surface area contributed by atoms with Crippen LogP contribution in [0.25, 0.3) is 22.3 Å². The number of hydrogen-bond acceptors (Lipinski definition) is 6. The summed E-state index contributed by atoms with van der Waals surface area (Å²) in [6.45, 7) is 1.55. The van der Waals surface area contributed by atoms with Crippen LogP contribution in [0.5, 0.6) is 0 Å². The number of H-pyrrole nitrogens is 1. The van der Waals surface area contributed by atoms with Crippen LogP contribution < -0.4 is 0 Å². The molecule has 2 saturated heterocycles. The summed E-state index contributed by atoms with van der Waals surface area (Å²) in [5, 5.41) is 24.9. The summed E-state index contributed by atoms with van der Waals surface area (Å²) in [6, 6.07) is 7.66. The lowest BCUT2D eigenvalue weighted by molar-refractivity contribution is -0.0499. The van der Waals surface area contributed by atoms with Crippen molar-refractivity contribution in [3.8, 4) is 17.3 Å². The van der Waals surface area contributed by atoms with Crippen molar-refractivity contribution in [1.82, 2.24) is 34.5 Å². The van der Waals surface area contributed by atoms with Gasteiger partial charge in [0, 0.05) is 55.1 Å². The predicted octanol–water partition coefficient (Wildman–Crippen LogP) is 3.78. The second-order valence-electron chi connectivity index (χ2n) is 10.4. The van der Waals surface area contributed by atoms with E-state index in [-0.39, 0.29) is 18.5 Å². The lowest BCUT2D eigenvalue weighted by atomic mass is 9.82. The topological polar surface area (TPSA) is 127 Å². The first-order chi connectivity index (χ1) is 18.9. The van der Waals surface area contributed by atoms with E-state index < -0.39 is 23.3 Å². The molecule has 2 aliphatic heterocycles. The molecule has 1 aromatic carbocycles. The zero-order chi connectivity index (χ0) is 27.1. The summed E-state index contributed by atoms with van der Waals surface area (Å²) in [5.41, 5.74) is 2.38. The molecule has 12 heteroatoms. The summed E-state index contributed by atoms with van der Waals surface area (Å²) in [6.07, 6.45) is 7.75. The van der Waals surface area contributed by atoms with Gasteiger partial charge in [0.05, 0.1) is 24.4 Å². The molecule has 0 bridgehead atoms. The maximum atomic E-state index is 13.8. The zero-order valence-corrected chi connectivity index (χ0v) is 21.0. The number of nitrogens with zero attached hydrogens (tertiary/aromatic N) is 7. The lowest BCUT2D eigenvalue weighted by Gasteiger charge is -2.54. The summed E-state index contributed by atoms with van der Waals surface area (Å²) >= 11 is 0. The Hall–Kier alpha value is -4.37. The van der Waals surface area contributed by atoms with Crippen molar-refractivity contribution in [3.63, 3.8) is 0 Å². The van der Waals surface area contributed by atoms with E-state index in [4.69, 9.17) is 0 Å². The fourth-order valence-electron chi connectivity index (χ4n) is 6.01. The van der Waals surface area contributed by atoms with Crippen molar-refractivity contribution in [1.29, 1.82) is 5.26 Å². The van der Waals surface area contributed by atoms with Crippen LogP contribution in [0.15, 0.2) is 49.2 Å². The number of nitriles is 1. The molecule has 2 unspecified atom stereocenters. The van der Waals surface area contributed by atoms with Crippen LogP contribution >= 0.6 is 0 Å². The van der Waals surface area contributed by atoms with Crippen LogP contribution in [0, 0.1) is 23.0 Å². The van der Waals surface area contributed by atoms with E-state index in [1.54, 1.807) is 6.20 Å². The first-order valence-electron chi connectivity index (χ1n) is 12.7. The van der Waals surface area contributed by atoms with Gasteiger partial charge in [-0.1, -0.05) is 6.07 Å². The Bertz CT molecular complexity index is 1570. The number of rotatable bonds is 6. The van der Waals surface area contributed by atoms with Gasteiger partial charge in [-0.25, -0.2) is 23.5 Å². The molecule has 0 aliphatic carbocycles. The summed E-state index contributed by atoms with van der Waals surface area (Å²) in [4.78, 5) is 27.3. The van der Waals surface area contributed by atoms with Gasteiger partial charge in [-0.3, -0.25) is 9.58 Å². The number of amides is 1. The molecule has 2 fully saturated rings. The number of hydrogen-bond donors (Lipinski definition) is 2.